The highest BCUT2D eigenvalue weighted by atomic mass is 16.3. The third-order valence-corrected chi connectivity index (χ3v) is 5.15. The first-order valence-electron chi connectivity index (χ1n) is 9.10. The second kappa shape index (κ2) is 7.33. The molecule has 0 N–H and O–H groups in total. The first-order valence-corrected chi connectivity index (χ1v) is 9.10. The van der Waals surface area contributed by atoms with Crippen molar-refractivity contribution in [2.75, 3.05) is 25.0 Å². The second-order valence-corrected chi connectivity index (χ2v) is 7.10. The van der Waals surface area contributed by atoms with Gasteiger partial charge in [0.15, 0.2) is 12.2 Å². The molecule has 26 heavy (non-hydrogen) atoms. The van der Waals surface area contributed by atoms with Crippen LogP contribution in [0.3, 0.4) is 0 Å². The van der Waals surface area contributed by atoms with Crippen LogP contribution in [0.15, 0.2) is 53.7 Å². The Hall–Kier alpha value is -2.60. The van der Waals surface area contributed by atoms with Gasteiger partial charge in [0, 0.05) is 44.5 Å². The predicted octanol–water partition coefficient (Wildman–Crippen LogP) is 3.18. The highest BCUT2D eigenvalue weighted by Crippen LogP contribution is 2.24. The van der Waals surface area contributed by atoms with Gasteiger partial charge < -0.3 is 9.32 Å². The number of likely N-dealkylation sites (N-methyl/N-ethyl adjacent to an activating group) is 1. The van der Waals surface area contributed by atoms with E-state index in [2.05, 4.69) is 57.4 Å². The SMILES string of the molecule is CN(Cc1cccc(-c2cnco2)c1)C1CCCN(c2cnn(C)c2)C1. The molecule has 2 aromatic heterocycles. The summed E-state index contributed by atoms with van der Waals surface area (Å²) >= 11 is 0. The van der Waals surface area contributed by atoms with Gasteiger partial charge in [-0.15, -0.1) is 0 Å². The zero-order chi connectivity index (χ0) is 17.9. The Kier molecular flexibility index (Phi) is 4.75. The molecule has 0 aliphatic carbocycles. The number of anilines is 1. The van der Waals surface area contributed by atoms with Crippen LogP contribution in [-0.4, -0.2) is 45.8 Å². The lowest BCUT2D eigenvalue weighted by Gasteiger charge is -2.38. The van der Waals surface area contributed by atoms with Gasteiger partial charge in [0.25, 0.3) is 0 Å². The molecule has 1 aromatic carbocycles. The maximum Gasteiger partial charge on any atom is 0.181 e. The number of hydrogen-bond acceptors (Lipinski definition) is 5. The van der Waals surface area contributed by atoms with E-state index in [1.165, 1.54) is 30.5 Å². The fourth-order valence-corrected chi connectivity index (χ4v) is 3.72. The molecule has 1 saturated heterocycles. The van der Waals surface area contributed by atoms with E-state index in [1.54, 1.807) is 6.20 Å². The van der Waals surface area contributed by atoms with Crippen LogP contribution in [0.5, 0.6) is 0 Å². The normalized spacial score (nSPS) is 17.8. The highest BCUT2D eigenvalue weighted by Gasteiger charge is 2.24. The third-order valence-electron chi connectivity index (χ3n) is 5.15. The van der Waals surface area contributed by atoms with Crippen molar-refractivity contribution in [2.24, 2.45) is 7.05 Å². The summed E-state index contributed by atoms with van der Waals surface area (Å²) < 4.78 is 7.29. The molecule has 1 fully saturated rings. The van der Waals surface area contributed by atoms with Gasteiger partial charge in [-0.2, -0.15) is 5.10 Å². The molecule has 0 bridgehead atoms. The standard InChI is InChI=1S/C20H25N5O/c1-23(12-16-5-3-6-17(9-16)20-11-21-15-26-20)18-7-4-8-25(14-18)19-10-22-24(2)13-19/h3,5-6,9-11,13,15,18H,4,7-8,12,14H2,1-2H3. The maximum absolute atomic E-state index is 5.42. The Morgan fingerprint density at radius 3 is 3.00 bits per heavy atom. The molecule has 1 aliphatic heterocycles. The predicted molar refractivity (Wildman–Crippen MR) is 102 cm³/mol. The lowest BCUT2D eigenvalue weighted by atomic mass is 10.0. The average Bonchev–Trinajstić information content (AvgIpc) is 3.34. The van der Waals surface area contributed by atoms with Crippen molar-refractivity contribution >= 4 is 5.69 Å². The van der Waals surface area contributed by atoms with Crippen LogP contribution < -0.4 is 4.90 Å². The molecule has 1 aliphatic rings. The van der Waals surface area contributed by atoms with Gasteiger partial charge in [0.2, 0.25) is 0 Å². The van der Waals surface area contributed by atoms with Crippen molar-refractivity contribution in [1.82, 2.24) is 19.7 Å². The van der Waals surface area contributed by atoms with Crippen LogP contribution in [-0.2, 0) is 13.6 Å². The van der Waals surface area contributed by atoms with Crippen LogP contribution in [0, 0.1) is 0 Å². The van der Waals surface area contributed by atoms with Crippen molar-refractivity contribution < 1.29 is 4.42 Å². The Morgan fingerprint density at radius 2 is 2.23 bits per heavy atom. The molecule has 0 saturated carbocycles. The molecule has 1 atom stereocenters. The minimum absolute atomic E-state index is 0.540. The van der Waals surface area contributed by atoms with Gasteiger partial charge in [-0.3, -0.25) is 9.58 Å². The molecule has 3 heterocycles. The second-order valence-electron chi connectivity index (χ2n) is 7.10. The van der Waals surface area contributed by atoms with Crippen molar-refractivity contribution in [2.45, 2.75) is 25.4 Å². The summed E-state index contributed by atoms with van der Waals surface area (Å²) in [5.41, 5.74) is 3.59. The number of aryl methyl sites for hydroxylation is 1. The number of nitrogens with zero attached hydrogens (tertiary/aromatic N) is 5. The molecule has 0 amide bonds. The molecule has 4 rings (SSSR count). The minimum Gasteiger partial charge on any atom is -0.444 e. The van der Waals surface area contributed by atoms with Crippen LogP contribution in [0.2, 0.25) is 0 Å². The van der Waals surface area contributed by atoms with Gasteiger partial charge >= 0.3 is 0 Å². The maximum atomic E-state index is 5.42. The van der Waals surface area contributed by atoms with E-state index in [4.69, 9.17) is 4.42 Å². The first kappa shape index (κ1) is 16.8. The number of hydrogen-bond donors (Lipinski definition) is 0. The molecule has 6 heteroatoms. The number of rotatable bonds is 5. The Balaban J connectivity index is 1.43. The molecule has 136 valence electrons. The number of piperidine rings is 1. The summed E-state index contributed by atoms with van der Waals surface area (Å²) in [6.45, 7) is 3.08. The summed E-state index contributed by atoms with van der Waals surface area (Å²) in [5.74, 6) is 0.815. The van der Waals surface area contributed by atoms with Crippen LogP contribution in [0.4, 0.5) is 5.69 Å². The van der Waals surface area contributed by atoms with Gasteiger partial charge in [-0.1, -0.05) is 18.2 Å². The van der Waals surface area contributed by atoms with Crippen molar-refractivity contribution in [3.05, 3.63) is 54.8 Å². The Labute approximate surface area is 154 Å². The van der Waals surface area contributed by atoms with Crippen LogP contribution in [0.25, 0.3) is 11.3 Å². The van der Waals surface area contributed by atoms with E-state index in [0.717, 1.165) is 31.0 Å². The zero-order valence-corrected chi connectivity index (χ0v) is 15.4. The van der Waals surface area contributed by atoms with E-state index in [9.17, 15) is 0 Å². The highest BCUT2D eigenvalue weighted by molar-refractivity contribution is 5.57. The van der Waals surface area contributed by atoms with E-state index < -0.39 is 0 Å². The summed E-state index contributed by atoms with van der Waals surface area (Å²) in [6, 6.07) is 9.06. The van der Waals surface area contributed by atoms with E-state index in [0.29, 0.717) is 6.04 Å². The minimum atomic E-state index is 0.540. The van der Waals surface area contributed by atoms with Gasteiger partial charge in [0.1, 0.15) is 0 Å². The van der Waals surface area contributed by atoms with Crippen LogP contribution in [0.1, 0.15) is 18.4 Å². The van der Waals surface area contributed by atoms with Gasteiger partial charge in [-0.05, 0) is 31.5 Å². The molecular formula is C20H25N5O. The molecule has 3 aromatic rings. The molecule has 6 nitrogen and oxygen atoms in total. The van der Waals surface area contributed by atoms with Crippen LogP contribution >= 0.6 is 0 Å². The molecule has 0 radical (unpaired) electrons. The molecule has 1 unspecified atom stereocenters. The lowest BCUT2D eigenvalue weighted by molar-refractivity contribution is 0.208. The summed E-state index contributed by atoms with van der Waals surface area (Å²) in [7, 11) is 4.19. The Morgan fingerprint density at radius 1 is 1.31 bits per heavy atom. The van der Waals surface area contributed by atoms with E-state index >= 15 is 0 Å². The smallest absolute Gasteiger partial charge is 0.181 e. The van der Waals surface area contributed by atoms with E-state index in [1.807, 2.05) is 17.9 Å². The number of aromatic nitrogens is 3. The van der Waals surface area contributed by atoms with Crippen molar-refractivity contribution in [3.63, 3.8) is 0 Å². The first-order chi connectivity index (χ1) is 12.7. The Bertz CT molecular complexity index is 842. The summed E-state index contributed by atoms with van der Waals surface area (Å²) in [4.78, 5) is 8.92. The van der Waals surface area contributed by atoms with Gasteiger partial charge in [-0.25, -0.2) is 4.98 Å². The monoisotopic (exact) mass is 351 g/mol. The van der Waals surface area contributed by atoms with Crippen molar-refractivity contribution in [3.8, 4) is 11.3 Å². The fourth-order valence-electron chi connectivity index (χ4n) is 3.72. The zero-order valence-electron chi connectivity index (χ0n) is 15.4. The lowest BCUT2D eigenvalue weighted by Crippen LogP contribution is -2.46. The molecular weight excluding hydrogens is 326 g/mol. The number of oxazole rings is 1. The largest absolute Gasteiger partial charge is 0.444 e. The van der Waals surface area contributed by atoms with Crippen molar-refractivity contribution in [1.29, 1.82) is 0 Å². The quantitative estimate of drug-likeness (QED) is 0.707. The van der Waals surface area contributed by atoms with Gasteiger partial charge in [0.05, 0.1) is 18.1 Å². The molecule has 0 spiro atoms. The number of benzene rings is 1. The third kappa shape index (κ3) is 3.65. The summed E-state index contributed by atoms with van der Waals surface area (Å²) in [5, 5.41) is 4.31. The average molecular weight is 351 g/mol. The topological polar surface area (TPSA) is 50.3 Å². The van der Waals surface area contributed by atoms with E-state index in [-0.39, 0.29) is 0 Å². The fraction of sp³-hybridized carbons (Fsp3) is 0.400. The summed E-state index contributed by atoms with van der Waals surface area (Å²) in [6.07, 6.45) is 9.74.